The lowest BCUT2D eigenvalue weighted by molar-refractivity contribution is 0.0939. The van der Waals surface area contributed by atoms with Gasteiger partial charge in [0.05, 0.1) is 11.6 Å². The highest BCUT2D eigenvalue weighted by Gasteiger charge is 2.11. The van der Waals surface area contributed by atoms with Gasteiger partial charge < -0.3 is 5.32 Å². The van der Waals surface area contributed by atoms with E-state index in [1.54, 1.807) is 12.3 Å². The third-order valence-corrected chi connectivity index (χ3v) is 3.64. The fourth-order valence-corrected chi connectivity index (χ4v) is 2.38. The molecule has 0 aliphatic rings. The highest BCUT2D eigenvalue weighted by atomic mass is 16.1. The largest absolute Gasteiger partial charge is 0.345 e. The van der Waals surface area contributed by atoms with Gasteiger partial charge in [-0.1, -0.05) is 38.1 Å². The van der Waals surface area contributed by atoms with E-state index in [0.717, 1.165) is 17.7 Å². The molecule has 1 N–H and O–H groups in total. The van der Waals surface area contributed by atoms with Crippen LogP contribution in [0.3, 0.4) is 0 Å². The Morgan fingerprint density at radius 3 is 2.32 bits per heavy atom. The van der Waals surface area contributed by atoms with E-state index in [9.17, 15) is 4.79 Å². The summed E-state index contributed by atoms with van der Waals surface area (Å²) in [4.78, 5) is 16.4. The van der Waals surface area contributed by atoms with Crippen LogP contribution in [-0.4, -0.2) is 10.9 Å². The van der Waals surface area contributed by atoms with E-state index in [2.05, 4.69) is 48.4 Å². The van der Waals surface area contributed by atoms with Crippen molar-refractivity contribution < 1.29 is 4.79 Å². The summed E-state index contributed by atoms with van der Waals surface area (Å²) in [7, 11) is 0. The Hall–Kier alpha value is -2.16. The molecule has 0 spiro atoms. The molecule has 0 aliphatic carbocycles. The number of hydrogen-bond acceptors (Lipinski definition) is 2. The van der Waals surface area contributed by atoms with Gasteiger partial charge in [-0.2, -0.15) is 0 Å². The minimum Gasteiger partial charge on any atom is -0.345 e. The van der Waals surface area contributed by atoms with Crippen LogP contribution >= 0.6 is 0 Å². The number of carbonyl (C=O) groups excluding carboxylic acids is 1. The number of nitrogens with zero attached hydrogens (tertiary/aromatic N) is 1. The molecule has 3 nitrogen and oxygen atoms in total. The molecule has 1 amide bonds. The van der Waals surface area contributed by atoms with E-state index in [4.69, 9.17) is 0 Å². The van der Waals surface area contributed by atoms with Crippen molar-refractivity contribution in [1.82, 2.24) is 10.3 Å². The van der Waals surface area contributed by atoms with Gasteiger partial charge in [-0.15, -0.1) is 0 Å². The minimum atomic E-state index is -0.0914. The Balaban J connectivity index is 2.00. The third-order valence-electron chi connectivity index (χ3n) is 3.64. The second-order valence-corrected chi connectivity index (χ2v) is 6.22. The Kier molecular flexibility index (Phi) is 5.31. The first kappa shape index (κ1) is 16.2. The van der Waals surface area contributed by atoms with Crippen molar-refractivity contribution in [2.75, 3.05) is 0 Å². The minimum absolute atomic E-state index is 0.0260. The van der Waals surface area contributed by atoms with Crippen molar-refractivity contribution >= 4 is 5.91 Å². The van der Waals surface area contributed by atoms with Gasteiger partial charge in [-0.3, -0.25) is 9.78 Å². The lowest BCUT2D eigenvalue weighted by atomic mass is 10.00. The summed E-state index contributed by atoms with van der Waals surface area (Å²) < 4.78 is 0. The molecule has 1 heterocycles. The van der Waals surface area contributed by atoms with Crippen LogP contribution in [0.2, 0.25) is 0 Å². The molecule has 0 radical (unpaired) electrons. The van der Waals surface area contributed by atoms with Gasteiger partial charge in [0, 0.05) is 11.9 Å². The molecule has 2 rings (SSSR count). The van der Waals surface area contributed by atoms with Gasteiger partial charge in [-0.25, -0.2) is 0 Å². The van der Waals surface area contributed by atoms with E-state index >= 15 is 0 Å². The Bertz CT molecular complexity index is 615. The normalized spacial score (nSPS) is 12.2. The second kappa shape index (κ2) is 7.21. The van der Waals surface area contributed by atoms with E-state index in [1.165, 1.54) is 5.56 Å². The SMILES string of the molecule is Cc1ccc(C(=O)NC(C)c2ccc(CC(C)C)cc2)cn1. The van der Waals surface area contributed by atoms with Gasteiger partial charge in [0.15, 0.2) is 0 Å². The monoisotopic (exact) mass is 296 g/mol. The lowest BCUT2D eigenvalue weighted by Gasteiger charge is -2.15. The summed E-state index contributed by atoms with van der Waals surface area (Å²) in [5.41, 5.74) is 3.94. The third kappa shape index (κ3) is 4.42. The number of pyridine rings is 1. The molecule has 0 aliphatic heterocycles. The maximum atomic E-state index is 12.2. The number of amides is 1. The molecule has 0 bridgehead atoms. The maximum Gasteiger partial charge on any atom is 0.253 e. The number of rotatable bonds is 5. The van der Waals surface area contributed by atoms with E-state index in [-0.39, 0.29) is 11.9 Å². The molecule has 0 saturated carbocycles. The van der Waals surface area contributed by atoms with Gasteiger partial charge >= 0.3 is 0 Å². The van der Waals surface area contributed by atoms with Crippen molar-refractivity contribution in [1.29, 1.82) is 0 Å². The average Bonchev–Trinajstić information content (AvgIpc) is 2.48. The fourth-order valence-electron chi connectivity index (χ4n) is 2.38. The Morgan fingerprint density at radius 2 is 1.77 bits per heavy atom. The van der Waals surface area contributed by atoms with Gasteiger partial charge in [0.2, 0.25) is 0 Å². The standard InChI is InChI=1S/C19H24N2O/c1-13(2)11-16-6-9-17(10-7-16)15(4)21-19(22)18-8-5-14(3)20-12-18/h5-10,12-13,15H,11H2,1-4H3,(H,21,22). The summed E-state index contributed by atoms with van der Waals surface area (Å²) in [5, 5.41) is 3.01. The van der Waals surface area contributed by atoms with Gasteiger partial charge in [-0.05, 0) is 49.4 Å². The molecule has 1 atom stereocenters. The zero-order valence-corrected chi connectivity index (χ0v) is 13.8. The number of nitrogens with one attached hydrogen (secondary N) is 1. The number of benzene rings is 1. The number of hydrogen-bond donors (Lipinski definition) is 1. The number of carbonyl (C=O) groups is 1. The highest BCUT2D eigenvalue weighted by Crippen LogP contribution is 2.16. The summed E-state index contributed by atoms with van der Waals surface area (Å²) >= 11 is 0. The van der Waals surface area contributed by atoms with Crippen molar-refractivity contribution in [3.8, 4) is 0 Å². The molecular weight excluding hydrogens is 272 g/mol. The molecule has 0 fully saturated rings. The van der Waals surface area contributed by atoms with Crippen LogP contribution in [0.4, 0.5) is 0 Å². The predicted molar refractivity (Wildman–Crippen MR) is 89.8 cm³/mol. The van der Waals surface area contributed by atoms with Crippen LogP contribution in [-0.2, 0) is 6.42 Å². The van der Waals surface area contributed by atoms with Crippen molar-refractivity contribution in [3.63, 3.8) is 0 Å². The topological polar surface area (TPSA) is 42.0 Å². The van der Waals surface area contributed by atoms with Crippen LogP contribution in [0.25, 0.3) is 0 Å². The fraction of sp³-hybridized carbons (Fsp3) is 0.368. The van der Waals surface area contributed by atoms with E-state index < -0.39 is 0 Å². The molecule has 3 heteroatoms. The number of aromatic nitrogens is 1. The van der Waals surface area contributed by atoms with Gasteiger partial charge in [0.25, 0.3) is 5.91 Å². The first-order valence-electron chi connectivity index (χ1n) is 7.78. The second-order valence-electron chi connectivity index (χ2n) is 6.22. The highest BCUT2D eigenvalue weighted by molar-refractivity contribution is 5.94. The summed E-state index contributed by atoms with van der Waals surface area (Å²) in [5.74, 6) is 0.559. The summed E-state index contributed by atoms with van der Waals surface area (Å²) in [6, 6.07) is 12.1. The average molecular weight is 296 g/mol. The van der Waals surface area contributed by atoms with E-state index in [0.29, 0.717) is 11.5 Å². The molecule has 1 unspecified atom stereocenters. The predicted octanol–water partition coefficient (Wildman–Crippen LogP) is 4.08. The summed E-state index contributed by atoms with van der Waals surface area (Å²) in [6.07, 6.45) is 2.69. The molecular formula is C19H24N2O. The maximum absolute atomic E-state index is 12.2. The first-order chi connectivity index (χ1) is 10.5. The Morgan fingerprint density at radius 1 is 1.09 bits per heavy atom. The van der Waals surface area contributed by atoms with Gasteiger partial charge in [0.1, 0.15) is 0 Å². The molecule has 22 heavy (non-hydrogen) atoms. The zero-order valence-electron chi connectivity index (χ0n) is 13.8. The van der Waals surface area contributed by atoms with Crippen molar-refractivity contribution in [3.05, 3.63) is 65.0 Å². The van der Waals surface area contributed by atoms with Crippen LogP contribution in [0, 0.1) is 12.8 Å². The molecule has 116 valence electrons. The van der Waals surface area contributed by atoms with Crippen molar-refractivity contribution in [2.45, 2.75) is 40.2 Å². The van der Waals surface area contributed by atoms with Crippen molar-refractivity contribution in [2.24, 2.45) is 5.92 Å². The zero-order chi connectivity index (χ0) is 16.1. The van der Waals surface area contributed by atoms with Crippen LogP contribution in [0.1, 0.15) is 54.0 Å². The first-order valence-corrected chi connectivity index (χ1v) is 7.78. The molecule has 2 aromatic rings. The smallest absolute Gasteiger partial charge is 0.253 e. The van der Waals surface area contributed by atoms with Crippen LogP contribution in [0.15, 0.2) is 42.6 Å². The van der Waals surface area contributed by atoms with Crippen LogP contribution in [0.5, 0.6) is 0 Å². The van der Waals surface area contributed by atoms with Crippen LogP contribution < -0.4 is 5.32 Å². The quantitative estimate of drug-likeness (QED) is 0.903. The Labute approximate surface area is 132 Å². The molecule has 1 aromatic heterocycles. The molecule has 1 aromatic carbocycles. The number of aryl methyl sites for hydroxylation is 1. The van der Waals surface area contributed by atoms with E-state index in [1.807, 2.05) is 19.9 Å². The lowest BCUT2D eigenvalue weighted by Crippen LogP contribution is -2.26. The summed E-state index contributed by atoms with van der Waals surface area (Å²) in [6.45, 7) is 8.33. The molecule has 0 saturated heterocycles.